The summed E-state index contributed by atoms with van der Waals surface area (Å²) in [5.41, 5.74) is 0.647. The number of nitrogens with one attached hydrogen (secondary N) is 1. The van der Waals surface area contributed by atoms with E-state index in [4.69, 9.17) is 23.2 Å². The summed E-state index contributed by atoms with van der Waals surface area (Å²) in [4.78, 5) is 28.6. The molecular weight excluding hydrogens is 588 g/mol. The molecule has 11 heteroatoms. The van der Waals surface area contributed by atoms with Gasteiger partial charge in [-0.2, -0.15) is 0 Å². The SMILES string of the molecule is CC(C(=O)NC1CCCCC1)N(Cc1ccc(Cl)cc1Cl)C(=O)CN(c1ccc(F)cc1)S(=O)(=O)c1ccccc1. The first-order valence-electron chi connectivity index (χ1n) is 13.4. The fourth-order valence-corrected chi connectivity index (χ4v) is 6.74. The van der Waals surface area contributed by atoms with E-state index in [0.717, 1.165) is 48.5 Å². The molecule has 4 rings (SSSR count). The number of halogens is 3. The first-order chi connectivity index (χ1) is 19.6. The molecule has 0 heterocycles. The van der Waals surface area contributed by atoms with Gasteiger partial charge in [-0.15, -0.1) is 0 Å². The van der Waals surface area contributed by atoms with Gasteiger partial charge >= 0.3 is 0 Å². The largest absolute Gasteiger partial charge is 0.352 e. The summed E-state index contributed by atoms with van der Waals surface area (Å²) in [6, 6.07) is 16.4. The van der Waals surface area contributed by atoms with Crippen LogP contribution in [0.2, 0.25) is 10.0 Å². The lowest BCUT2D eigenvalue weighted by Gasteiger charge is -2.33. The normalized spacial score (nSPS) is 14.7. The quantitative estimate of drug-likeness (QED) is 0.293. The van der Waals surface area contributed by atoms with Gasteiger partial charge in [0.2, 0.25) is 11.8 Å². The number of sulfonamides is 1. The molecule has 1 saturated carbocycles. The Morgan fingerprint density at radius 1 is 0.976 bits per heavy atom. The zero-order valence-corrected chi connectivity index (χ0v) is 24.9. The predicted molar refractivity (Wildman–Crippen MR) is 159 cm³/mol. The summed E-state index contributed by atoms with van der Waals surface area (Å²) in [5.74, 6) is -1.52. The monoisotopic (exact) mass is 619 g/mol. The molecule has 1 atom stereocenters. The number of hydrogen-bond donors (Lipinski definition) is 1. The van der Waals surface area contributed by atoms with Crippen molar-refractivity contribution in [1.82, 2.24) is 10.2 Å². The van der Waals surface area contributed by atoms with Crippen molar-refractivity contribution in [2.45, 2.75) is 62.6 Å². The lowest BCUT2D eigenvalue weighted by Crippen LogP contribution is -2.53. The lowest BCUT2D eigenvalue weighted by atomic mass is 9.95. The Bertz CT molecular complexity index is 1470. The van der Waals surface area contributed by atoms with E-state index >= 15 is 0 Å². The molecule has 0 spiro atoms. The van der Waals surface area contributed by atoms with Crippen LogP contribution in [0.25, 0.3) is 0 Å². The zero-order chi connectivity index (χ0) is 29.6. The Hall–Kier alpha value is -3.14. The minimum atomic E-state index is -4.23. The van der Waals surface area contributed by atoms with Gasteiger partial charge in [0, 0.05) is 22.6 Å². The van der Waals surface area contributed by atoms with Crippen LogP contribution in [0.4, 0.5) is 10.1 Å². The highest BCUT2D eigenvalue weighted by molar-refractivity contribution is 7.92. The Morgan fingerprint density at radius 2 is 1.63 bits per heavy atom. The minimum Gasteiger partial charge on any atom is -0.352 e. The fourth-order valence-electron chi connectivity index (χ4n) is 4.84. The van der Waals surface area contributed by atoms with Crippen molar-refractivity contribution in [2.24, 2.45) is 0 Å². The third kappa shape index (κ3) is 7.78. The summed E-state index contributed by atoms with van der Waals surface area (Å²) < 4.78 is 42.1. The van der Waals surface area contributed by atoms with Crippen molar-refractivity contribution < 1.29 is 22.4 Å². The fraction of sp³-hybridized carbons (Fsp3) is 0.333. The number of hydrogen-bond acceptors (Lipinski definition) is 4. The van der Waals surface area contributed by atoms with Gasteiger partial charge in [0.15, 0.2) is 0 Å². The molecule has 2 amide bonds. The van der Waals surface area contributed by atoms with E-state index in [1.807, 2.05) is 0 Å². The first-order valence-corrected chi connectivity index (χ1v) is 15.6. The van der Waals surface area contributed by atoms with Crippen LogP contribution in [0.5, 0.6) is 0 Å². The summed E-state index contributed by atoms with van der Waals surface area (Å²) >= 11 is 12.5. The lowest BCUT2D eigenvalue weighted by molar-refractivity contribution is -0.139. The number of anilines is 1. The number of nitrogens with zero attached hydrogens (tertiary/aromatic N) is 2. The smallest absolute Gasteiger partial charge is 0.264 e. The van der Waals surface area contributed by atoms with Gasteiger partial charge < -0.3 is 10.2 Å². The van der Waals surface area contributed by atoms with Crippen molar-refractivity contribution in [3.63, 3.8) is 0 Å². The Kier molecular flexibility index (Phi) is 10.3. The molecule has 0 aliphatic heterocycles. The Labute approximate surface area is 250 Å². The van der Waals surface area contributed by atoms with Crippen LogP contribution in [-0.2, 0) is 26.2 Å². The minimum absolute atomic E-state index is 0.0175. The van der Waals surface area contributed by atoms with E-state index in [-0.39, 0.29) is 29.1 Å². The number of rotatable bonds is 10. The van der Waals surface area contributed by atoms with Crippen LogP contribution in [-0.4, -0.2) is 43.8 Å². The summed E-state index contributed by atoms with van der Waals surface area (Å²) in [6.45, 7) is 0.916. The summed E-state index contributed by atoms with van der Waals surface area (Å²) in [6.07, 6.45) is 4.89. The van der Waals surface area contributed by atoms with Crippen LogP contribution in [0.1, 0.15) is 44.6 Å². The third-order valence-electron chi connectivity index (χ3n) is 7.20. The van der Waals surface area contributed by atoms with Crippen molar-refractivity contribution in [2.75, 3.05) is 10.8 Å². The molecule has 7 nitrogen and oxygen atoms in total. The van der Waals surface area contributed by atoms with Crippen molar-refractivity contribution in [1.29, 1.82) is 0 Å². The predicted octanol–water partition coefficient (Wildman–Crippen LogP) is 6.19. The van der Waals surface area contributed by atoms with Gasteiger partial charge in [0.05, 0.1) is 10.6 Å². The molecule has 1 aliphatic rings. The van der Waals surface area contributed by atoms with E-state index < -0.39 is 34.3 Å². The van der Waals surface area contributed by atoms with Crippen LogP contribution < -0.4 is 9.62 Å². The molecule has 0 aromatic heterocycles. The van der Waals surface area contributed by atoms with Crippen LogP contribution in [0.15, 0.2) is 77.7 Å². The van der Waals surface area contributed by atoms with Crippen LogP contribution in [0.3, 0.4) is 0 Å². The average molecular weight is 621 g/mol. The zero-order valence-electron chi connectivity index (χ0n) is 22.6. The molecule has 1 aliphatic carbocycles. The topological polar surface area (TPSA) is 86.8 Å². The number of carbonyl (C=O) groups is 2. The molecule has 1 N–H and O–H groups in total. The molecule has 41 heavy (non-hydrogen) atoms. The van der Waals surface area contributed by atoms with Crippen LogP contribution >= 0.6 is 23.2 Å². The van der Waals surface area contributed by atoms with Gasteiger partial charge in [-0.25, -0.2) is 12.8 Å². The Balaban J connectivity index is 1.68. The van der Waals surface area contributed by atoms with Gasteiger partial charge in [-0.1, -0.05) is 66.7 Å². The molecule has 0 saturated heterocycles. The summed E-state index contributed by atoms with van der Waals surface area (Å²) in [5, 5.41) is 3.77. The standard InChI is InChI=1S/C30H32Cl2FN3O4S/c1-21(30(38)34-25-8-4-2-5-9-25)35(19-22-12-13-23(31)18-28(22)32)29(37)20-36(26-16-14-24(33)15-17-26)41(39,40)27-10-6-3-7-11-27/h3,6-7,10-18,21,25H,2,4-5,8-9,19-20H2,1H3,(H,34,38). The second kappa shape index (κ2) is 13.7. The van der Waals surface area contributed by atoms with Gasteiger partial charge in [-0.05, 0) is 73.9 Å². The summed E-state index contributed by atoms with van der Waals surface area (Å²) in [7, 11) is -4.23. The van der Waals surface area contributed by atoms with Gasteiger partial charge in [0.1, 0.15) is 18.4 Å². The van der Waals surface area contributed by atoms with E-state index in [9.17, 15) is 22.4 Å². The van der Waals surface area contributed by atoms with E-state index in [2.05, 4.69) is 5.32 Å². The Morgan fingerprint density at radius 3 is 2.27 bits per heavy atom. The highest BCUT2D eigenvalue weighted by atomic mass is 35.5. The van der Waals surface area contributed by atoms with Gasteiger partial charge in [-0.3, -0.25) is 13.9 Å². The third-order valence-corrected chi connectivity index (χ3v) is 9.57. The molecule has 1 unspecified atom stereocenters. The van der Waals surface area contributed by atoms with Crippen molar-refractivity contribution in [3.8, 4) is 0 Å². The van der Waals surface area contributed by atoms with Gasteiger partial charge in [0.25, 0.3) is 10.0 Å². The molecule has 3 aromatic carbocycles. The molecule has 218 valence electrons. The molecule has 0 radical (unpaired) electrons. The maximum Gasteiger partial charge on any atom is 0.264 e. The molecule has 3 aromatic rings. The molecule has 1 fully saturated rings. The van der Waals surface area contributed by atoms with Crippen molar-refractivity contribution >= 4 is 50.7 Å². The van der Waals surface area contributed by atoms with E-state index in [0.29, 0.717) is 15.6 Å². The van der Waals surface area contributed by atoms with Crippen molar-refractivity contribution in [3.05, 3.63) is 94.2 Å². The number of benzene rings is 3. The van der Waals surface area contributed by atoms with E-state index in [1.54, 1.807) is 43.3 Å². The molecular formula is C30H32Cl2FN3O4S. The molecule has 0 bridgehead atoms. The maximum absolute atomic E-state index is 14.0. The number of amides is 2. The second-order valence-electron chi connectivity index (χ2n) is 10.1. The highest BCUT2D eigenvalue weighted by Crippen LogP contribution is 2.27. The average Bonchev–Trinajstić information content (AvgIpc) is 2.96. The van der Waals surface area contributed by atoms with E-state index in [1.165, 1.54) is 29.2 Å². The first kappa shape index (κ1) is 30.8. The second-order valence-corrected chi connectivity index (χ2v) is 12.8. The number of carbonyl (C=O) groups excluding carboxylic acids is 2. The maximum atomic E-state index is 14.0. The highest BCUT2D eigenvalue weighted by Gasteiger charge is 2.33. The van der Waals surface area contributed by atoms with Crippen LogP contribution in [0, 0.1) is 5.82 Å².